The van der Waals surface area contributed by atoms with E-state index in [1.807, 2.05) is 36.4 Å². The molecule has 132 valence electrons. The number of nitrogens with zero attached hydrogens (tertiary/aromatic N) is 2. The molecule has 0 aliphatic carbocycles. The summed E-state index contributed by atoms with van der Waals surface area (Å²) in [6, 6.07) is 15.8. The van der Waals surface area contributed by atoms with Crippen molar-refractivity contribution in [1.82, 2.24) is 5.43 Å². The molecule has 0 aliphatic rings. The summed E-state index contributed by atoms with van der Waals surface area (Å²) >= 11 is 5.24. The fourth-order valence-corrected chi connectivity index (χ4v) is 2.51. The maximum atomic E-state index is 5.28. The fourth-order valence-electron chi connectivity index (χ4n) is 2.34. The van der Waals surface area contributed by atoms with Gasteiger partial charge in [0, 0.05) is 19.3 Å². The lowest BCUT2D eigenvalue weighted by Crippen LogP contribution is -2.24. The van der Waals surface area contributed by atoms with Crippen molar-refractivity contribution in [3.05, 3.63) is 54.1 Å². The number of hydrogen-bond donors (Lipinski definition) is 2. The average Bonchev–Trinajstić information content (AvgIpc) is 2.63. The second-order valence-electron chi connectivity index (χ2n) is 5.54. The van der Waals surface area contributed by atoms with Gasteiger partial charge < -0.3 is 15.0 Å². The van der Waals surface area contributed by atoms with E-state index >= 15 is 0 Å². The summed E-state index contributed by atoms with van der Waals surface area (Å²) < 4.78 is 5.28. The van der Waals surface area contributed by atoms with Gasteiger partial charge in [-0.3, -0.25) is 5.43 Å². The van der Waals surface area contributed by atoms with Crippen LogP contribution in [0.1, 0.15) is 18.9 Å². The van der Waals surface area contributed by atoms with Crippen molar-refractivity contribution in [3.8, 4) is 5.75 Å². The third kappa shape index (κ3) is 5.76. The monoisotopic (exact) mass is 356 g/mol. The van der Waals surface area contributed by atoms with Gasteiger partial charge in [-0.05, 0) is 48.5 Å². The Morgan fingerprint density at radius 3 is 2.60 bits per heavy atom. The minimum atomic E-state index is 0.403. The SMILES string of the molecule is CCCN(C)c1ccc(C=NNC(=S)Nc2ccccc2OC)cc1. The molecule has 2 aromatic carbocycles. The highest BCUT2D eigenvalue weighted by Crippen LogP contribution is 2.22. The van der Waals surface area contributed by atoms with Gasteiger partial charge in [0.15, 0.2) is 5.11 Å². The number of benzene rings is 2. The van der Waals surface area contributed by atoms with Crippen LogP contribution in [0.4, 0.5) is 11.4 Å². The molecule has 0 aliphatic heterocycles. The van der Waals surface area contributed by atoms with Crippen LogP contribution in [0.15, 0.2) is 53.6 Å². The van der Waals surface area contributed by atoms with Gasteiger partial charge in [-0.25, -0.2) is 0 Å². The second kappa shape index (κ2) is 9.64. The lowest BCUT2D eigenvalue weighted by Gasteiger charge is -2.18. The molecule has 5 nitrogen and oxygen atoms in total. The standard InChI is InChI=1S/C19H24N4OS/c1-4-13-23(2)16-11-9-15(10-12-16)14-20-22-19(25)21-17-7-5-6-8-18(17)24-3/h5-12,14H,4,13H2,1-3H3,(H2,21,22,25). The summed E-state index contributed by atoms with van der Waals surface area (Å²) in [6.45, 7) is 3.21. The summed E-state index contributed by atoms with van der Waals surface area (Å²) in [5.74, 6) is 0.724. The van der Waals surface area contributed by atoms with Crippen molar-refractivity contribution in [2.45, 2.75) is 13.3 Å². The number of methoxy groups -OCH3 is 1. The summed E-state index contributed by atoms with van der Waals surface area (Å²) in [5.41, 5.74) is 5.80. The lowest BCUT2D eigenvalue weighted by atomic mass is 10.2. The van der Waals surface area contributed by atoms with E-state index in [-0.39, 0.29) is 0 Å². The van der Waals surface area contributed by atoms with E-state index < -0.39 is 0 Å². The molecule has 0 bridgehead atoms. The number of hydrazone groups is 1. The normalized spacial score (nSPS) is 10.5. The Kier molecular flexibility index (Phi) is 7.22. The van der Waals surface area contributed by atoms with Gasteiger partial charge in [-0.2, -0.15) is 5.10 Å². The van der Waals surface area contributed by atoms with E-state index in [1.165, 1.54) is 5.69 Å². The fraction of sp³-hybridized carbons (Fsp3) is 0.263. The molecule has 0 atom stereocenters. The van der Waals surface area contributed by atoms with E-state index in [4.69, 9.17) is 17.0 Å². The van der Waals surface area contributed by atoms with Crippen LogP contribution < -0.4 is 20.4 Å². The molecule has 0 heterocycles. The molecular weight excluding hydrogens is 332 g/mol. The topological polar surface area (TPSA) is 48.9 Å². The molecule has 0 fully saturated rings. The van der Waals surface area contributed by atoms with Crippen LogP contribution in [0.3, 0.4) is 0 Å². The summed E-state index contributed by atoms with van der Waals surface area (Å²) in [5, 5.41) is 7.63. The second-order valence-corrected chi connectivity index (χ2v) is 5.95. The van der Waals surface area contributed by atoms with Crippen LogP contribution in [0.5, 0.6) is 5.75 Å². The molecule has 0 amide bonds. The van der Waals surface area contributed by atoms with Crippen LogP contribution in [-0.4, -0.2) is 32.0 Å². The van der Waals surface area contributed by atoms with Crippen molar-refractivity contribution in [2.75, 3.05) is 30.9 Å². The average molecular weight is 356 g/mol. The van der Waals surface area contributed by atoms with Gasteiger partial charge in [-0.15, -0.1) is 0 Å². The Morgan fingerprint density at radius 1 is 1.20 bits per heavy atom. The first kappa shape index (κ1) is 18.7. The van der Waals surface area contributed by atoms with Gasteiger partial charge in [0.25, 0.3) is 0 Å². The van der Waals surface area contributed by atoms with Gasteiger partial charge in [0.2, 0.25) is 0 Å². The van der Waals surface area contributed by atoms with Crippen molar-refractivity contribution in [1.29, 1.82) is 0 Å². The first-order valence-corrected chi connectivity index (χ1v) is 8.59. The highest BCUT2D eigenvalue weighted by Gasteiger charge is 2.02. The number of hydrogen-bond acceptors (Lipinski definition) is 4. The highest BCUT2D eigenvalue weighted by atomic mass is 32.1. The Labute approximate surface area is 154 Å². The van der Waals surface area contributed by atoms with E-state index in [1.54, 1.807) is 13.3 Å². The van der Waals surface area contributed by atoms with Gasteiger partial charge in [0.05, 0.1) is 19.0 Å². The van der Waals surface area contributed by atoms with E-state index in [2.05, 4.69) is 46.8 Å². The van der Waals surface area contributed by atoms with Gasteiger partial charge in [0.1, 0.15) is 5.75 Å². The van der Waals surface area contributed by atoms with E-state index in [9.17, 15) is 0 Å². The molecule has 0 spiro atoms. The number of thiocarbonyl (C=S) groups is 1. The van der Waals surface area contributed by atoms with Gasteiger partial charge >= 0.3 is 0 Å². The maximum absolute atomic E-state index is 5.28. The quantitative estimate of drug-likeness (QED) is 0.448. The van der Waals surface area contributed by atoms with Crippen molar-refractivity contribution >= 4 is 34.9 Å². The number of nitrogens with one attached hydrogen (secondary N) is 2. The third-order valence-corrected chi connectivity index (χ3v) is 3.82. The van der Waals surface area contributed by atoms with Crippen LogP contribution in [0.25, 0.3) is 0 Å². The number of para-hydroxylation sites is 2. The Balaban J connectivity index is 1.88. The highest BCUT2D eigenvalue weighted by molar-refractivity contribution is 7.80. The molecule has 0 saturated heterocycles. The smallest absolute Gasteiger partial charge is 0.191 e. The van der Waals surface area contributed by atoms with Crippen LogP contribution in [-0.2, 0) is 0 Å². The summed E-state index contributed by atoms with van der Waals surface area (Å²) in [6.07, 6.45) is 2.86. The van der Waals surface area contributed by atoms with Crippen LogP contribution in [0, 0.1) is 0 Å². The largest absolute Gasteiger partial charge is 0.495 e. The van der Waals surface area contributed by atoms with Crippen LogP contribution in [0.2, 0.25) is 0 Å². The molecule has 0 saturated carbocycles. The molecule has 2 N–H and O–H groups in total. The predicted molar refractivity (Wildman–Crippen MR) is 110 cm³/mol. The minimum absolute atomic E-state index is 0.403. The molecule has 6 heteroatoms. The number of ether oxygens (including phenoxy) is 1. The lowest BCUT2D eigenvalue weighted by molar-refractivity contribution is 0.417. The zero-order valence-corrected chi connectivity index (χ0v) is 15.6. The molecule has 2 rings (SSSR count). The Hall–Kier alpha value is -2.60. The first-order chi connectivity index (χ1) is 12.1. The number of rotatable bonds is 7. The zero-order chi connectivity index (χ0) is 18.1. The first-order valence-electron chi connectivity index (χ1n) is 8.18. The van der Waals surface area contributed by atoms with Gasteiger partial charge in [-0.1, -0.05) is 31.2 Å². The maximum Gasteiger partial charge on any atom is 0.191 e. The molecule has 25 heavy (non-hydrogen) atoms. The van der Waals surface area contributed by atoms with Crippen molar-refractivity contribution < 1.29 is 4.74 Å². The molecule has 2 aromatic rings. The summed E-state index contributed by atoms with van der Waals surface area (Å²) in [7, 11) is 3.72. The summed E-state index contributed by atoms with van der Waals surface area (Å²) in [4.78, 5) is 2.23. The van der Waals surface area contributed by atoms with E-state index in [0.717, 1.165) is 30.0 Å². The van der Waals surface area contributed by atoms with E-state index in [0.29, 0.717) is 5.11 Å². The minimum Gasteiger partial charge on any atom is -0.495 e. The number of anilines is 2. The van der Waals surface area contributed by atoms with Crippen molar-refractivity contribution in [3.63, 3.8) is 0 Å². The predicted octanol–water partition coefficient (Wildman–Crippen LogP) is 3.86. The third-order valence-electron chi connectivity index (χ3n) is 3.63. The Morgan fingerprint density at radius 2 is 1.92 bits per heavy atom. The van der Waals surface area contributed by atoms with Crippen LogP contribution >= 0.6 is 12.2 Å². The molecule has 0 unspecified atom stereocenters. The Bertz CT molecular complexity index is 716. The van der Waals surface area contributed by atoms with Crippen molar-refractivity contribution in [2.24, 2.45) is 5.10 Å². The zero-order valence-electron chi connectivity index (χ0n) is 14.8. The molecule has 0 aromatic heterocycles. The molecule has 0 radical (unpaired) electrons. The molecular formula is C19H24N4OS.